The summed E-state index contributed by atoms with van der Waals surface area (Å²) in [5.74, 6) is -1.34. The zero-order chi connectivity index (χ0) is 15.5. The predicted octanol–water partition coefficient (Wildman–Crippen LogP) is 4.00. The Morgan fingerprint density at radius 3 is 2.45 bits per heavy atom. The van der Waals surface area contributed by atoms with Crippen molar-refractivity contribution in [2.75, 3.05) is 13.1 Å². The van der Waals surface area contributed by atoms with Crippen LogP contribution in [0.2, 0.25) is 10.0 Å². The molecule has 0 amide bonds. The van der Waals surface area contributed by atoms with Crippen molar-refractivity contribution in [2.45, 2.75) is 19.1 Å². The summed E-state index contributed by atoms with van der Waals surface area (Å²) in [4.78, 5) is 11.5. The van der Waals surface area contributed by atoms with Crippen LogP contribution in [0, 0.1) is 0 Å². The lowest BCUT2D eigenvalue weighted by Crippen LogP contribution is -2.39. The van der Waals surface area contributed by atoms with Gasteiger partial charge in [-0.2, -0.15) is 13.2 Å². The SMILES string of the molecule is CC(c1ccc(Cl)cc1Cl)N(CC(=O)O)CC(F)(F)F. The van der Waals surface area contributed by atoms with E-state index in [1.807, 2.05) is 0 Å². The third kappa shape index (κ3) is 5.19. The molecule has 0 aliphatic carbocycles. The third-order valence-electron chi connectivity index (χ3n) is 2.68. The molecule has 0 aliphatic rings. The standard InChI is InChI=1S/C12H12Cl2F3NO2/c1-7(9-3-2-8(13)4-10(9)14)18(5-11(19)20)6-12(15,16)17/h2-4,7H,5-6H2,1H3,(H,19,20). The van der Waals surface area contributed by atoms with Crippen LogP contribution in [-0.2, 0) is 4.79 Å². The zero-order valence-electron chi connectivity index (χ0n) is 10.4. The minimum absolute atomic E-state index is 0.197. The van der Waals surface area contributed by atoms with Crippen LogP contribution in [0.3, 0.4) is 0 Å². The Morgan fingerprint density at radius 2 is 2.00 bits per heavy atom. The summed E-state index contributed by atoms with van der Waals surface area (Å²) >= 11 is 11.7. The second-order valence-corrected chi connectivity index (χ2v) is 5.10. The van der Waals surface area contributed by atoms with Crippen LogP contribution in [0.15, 0.2) is 18.2 Å². The molecule has 0 spiro atoms. The van der Waals surface area contributed by atoms with Crippen molar-refractivity contribution in [2.24, 2.45) is 0 Å². The smallest absolute Gasteiger partial charge is 0.401 e. The number of aliphatic carboxylic acids is 1. The Morgan fingerprint density at radius 1 is 1.40 bits per heavy atom. The van der Waals surface area contributed by atoms with Gasteiger partial charge in [-0.25, -0.2) is 0 Å². The van der Waals surface area contributed by atoms with E-state index in [0.717, 1.165) is 4.90 Å². The fourth-order valence-corrected chi connectivity index (χ4v) is 2.34. The predicted molar refractivity (Wildman–Crippen MR) is 70.1 cm³/mol. The average Bonchev–Trinajstić information content (AvgIpc) is 2.24. The molecule has 0 aliphatic heterocycles. The fourth-order valence-electron chi connectivity index (χ4n) is 1.77. The molecule has 20 heavy (non-hydrogen) atoms. The molecular weight excluding hydrogens is 318 g/mol. The van der Waals surface area contributed by atoms with Gasteiger partial charge in [0.25, 0.3) is 0 Å². The van der Waals surface area contributed by atoms with E-state index < -0.39 is 31.3 Å². The molecule has 1 aromatic rings. The summed E-state index contributed by atoms with van der Waals surface area (Å²) in [5.41, 5.74) is 0.390. The summed E-state index contributed by atoms with van der Waals surface area (Å²) in [5, 5.41) is 9.28. The van der Waals surface area contributed by atoms with Crippen LogP contribution < -0.4 is 0 Å². The van der Waals surface area contributed by atoms with Gasteiger partial charge < -0.3 is 5.11 Å². The number of halogens is 5. The van der Waals surface area contributed by atoms with Gasteiger partial charge in [-0.1, -0.05) is 29.3 Å². The number of carbonyl (C=O) groups is 1. The lowest BCUT2D eigenvalue weighted by atomic mass is 10.1. The summed E-state index contributed by atoms with van der Waals surface area (Å²) in [7, 11) is 0. The molecular formula is C12H12Cl2F3NO2. The first-order valence-electron chi connectivity index (χ1n) is 5.57. The van der Waals surface area contributed by atoms with Crippen molar-refractivity contribution in [3.63, 3.8) is 0 Å². The maximum atomic E-state index is 12.5. The van der Waals surface area contributed by atoms with Crippen molar-refractivity contribution in [3.05, 3.63) is 33.8 Å². The summed E-state index contributed by atoms with van der Waals surface area (Å²) < 4.78 is 37.5. The number of rotatable bonds is 5. The maximum Gasteiger partial charge on any atom is 0.401 e. The maximum absolute atomic E-state index is 12.5. The van der Waals surface area contributed by atoms with Crippen LogP contribution in [-0.4, -0.2) is 35.2 Å². The van der Waals surface area contributed by atoms with Crippen molar-refractivity contribution in [1.82, 2.24) is 4.90 Å². The molecule has 0 radical (unpaired) electrons. The van der Waals surface area contributed by atoms with E-state index in [-0.39, 0.29) is 5.02 Å². The van der Waals surface area contributed by atoms with Gasteiger partial charge in [-0.15, -0.1) is 0 Å². The minimum Gasteiger partial charge on any atom is -0.480 e. The van der Waals surface area contributed by atoms with Crippen molar-refractivity contribution in [1.29, 1.82) is 0 Å². The molecule has 1 atom stereocenters. The Labute approximate surface area is 123 Å². The van der Waals surface area contributed by atoms with Crippen LogP contribution in [0.25, 0.3) is 0 Å². The van der Waals surface area contributed by atoms with Crippen LogP contribution in [0.5, 0.6) is 0 Å². The van der Waals surface area contributed by atoms with Crippen LogP contribution in [0.4, 0.5) is 13.2 Å². The molecule has 0 saturated carbocycles. The molecule has 1 unspecified atom stereocenters. The number of carboxylic acid groups (broad SMARTS) is 1. The Hall–Kier alpha value is -0.980. The molecule has 112 valence electrons. The quantitative estimate of drug-likeness (QED) is 0.887. The number of carboxylic acids is 1. The number of hydrogen-bond acceptors (Lipinski definition) is 2. The summed E-state index contributed by atoms with van der Waals surface area (Å²) in [6.07, 6.45) is -4.50. The molecule has 1 N–H and O–H groups in total. The Balaban J connectivity index is 3.02. The highest BCUT2D eigenvalue weighted by Crippen LogP contribution is 2.31. The van der Waals surface area contributed by atoms with Gasteiger partial charge in [0.05, 0.1) is 13.1 Å². The molecule has 1 aromatic carbocycles. The third-order valence-corrected chi connectivity index (χ3v) is 3.24. The van der Waals surface area contributed by atoms with Gasteiger partial charge in [0, 0.05) is 16.1 Å². The van der Waals surface area contributed by atoms with Gasteiger partial charge in [0.1, 0.15) is 0 Å². The van der Waals surface area contributed by atoms with E-state index in [1.165, 1.54) is 25.1 Å². The largest absolute Gasteiger partial charge is 0.480 e. The van der Waals surface area contributed by atoms with E-state index in [1.54, 1.807) is 0 Å². The van der Waals surface area contributed by atoms with E-state index in [0.29, 0.717) is 10.6 Å². The van der Waals surface area contributed by atoms with Crippen molar-refractivity contribution < 1.29 is 23.1 Å². The lowest BCUT2D eigenvalue weighted by Gasteiger charge is -2.29. The van der Waals surface area contributed by atoms with Gasteiger partial charge in [0.2, 0.25) is 0 Å². The van der Waals surface area contributed by atoms with Gasteiger partial charge >= 0.3 is 12.1 Å². The van der Waals surface area contributed by atoms with E-state index in [4.69, 9.17) is 28.3 Å². The van der Waals surface area contributed by atoms with Crippen LogP contribution >= 0.6 is 23.2 Å². The average molecular weight is 330 g/mol. The Bertz CT molecular complexity index is 494. The Kier molecular flexibility index (Phi) is 5.68. The second kappa shape index (κ2) is 6.65. The van der Waals surface area contributed by atoms with Gasteiger partial charge in [-0.05, 0) is 24.6 Å². The molecule has 0 heterocycles. The molecule has 3 nitrogen and oxygen atoms in total. The second-order valence-electron chi connectivity index (χ2n) is 4.26. The zero-order valence-corrected chi connectivity index (χ0v) is 11.9. The van der Waals surface area contributed by atoms with Gasteiger partial charge in [-0.3, -0.25) is 9.69 Å². The molecule has 0 bridgehead atoms. The molecule has 8 heteroatoms. The fraction of sp³-hybridized carbons (Fsp3) is 0.417. The van der Waals surface area contributed by atoms with E-state index >= 15 is 0 Å². The first-order chi connectivity index (χ1) is 9.10. The minimum atomic E-state index is -4.50. The monoisotopic (exact) mass is 329 g/mol. The number of hydrogen-bond donors (Lipinski definition) is 1. The van der Waals surface area contributed by atoms with Crippen molar-refractivity contribution in [3.8, 4) is 0 Å². The topological polar surface area (TPSA) is 40.5 Å². The van der Waals surface area contributed by atoms with Crippen molar-refractivity contribution >= 4 is 29.2 Å². The lowest BCUT2D eigenvalue weighted by molar-refractivity contribution is -0.157. The first-order valence-corrected chi connectivity index (χ1v) is 6.33. The van der Waals surface area contributed by atoms with Gasteiger partial charge in [0.15, 0.2) is 0 Å². The number of benzene rings is 1. The molecule has 1 rings (SSSR count). The summed E-state index contributed by atoms with van der Waals surface area (Å²) in [6, 6.07) is 3.57. The normalized spacial score (nSPS) is 13.6. The highest BCUT2D eigenvalue weighted by atomic mass is 35.5. The number of alkyl halides is 3. The molecule has 0 saturated heterocycles. The van der Waals surface area contributed by atoms with Crippen LogP contribution in [0.1, 0.15) is 18.5 Å². The van der Waals surface area contributed by atoms with E-state index in [9.17, 15) is 18.0 Å². The molecule has 0 fully saturated rings. The number of nitrogens with zero attached hydrogens (tertiary/aromatic N) is 1. The summed E-state index contributed by atoms with van der Waals surface area (Å²) in [6.45, 7) is -0.608. The first kappa shape index (κ1) is 17.1. The molecule has 0 aromatic heterocycles. The van der Waals surface area contributed by atoms with E-state index in [2.05, 4.69) is 0 Å². The highest BCUT2D eigenvalue weighted by molar-refractivity contribution is 6.35. The highest BCUT2D eigenvalue weighted by Gasteiger charge is 2.34.